The zero-order valence-electron chi connectivity index (χ0n) is 17.2. The summed E-state index contributed by atoms with van der Waals surface area (Å²) in [5.74, 6) is 0.596. The number of nitrogens with two attached hydrogens (primary N) is 1. The van der Waals surface area contributed by atoms with Crippen LogP contribution in [0, 0.1) is 0 Å². The standard InChI is InChI=1S/C24H30N4O/c1-18(25)23-26-21-14-8-10-19(11-9-17-27-15-6-3-7-16-27)22(21)24(29)28(23)20-12-4-2-5-13-20/h2,4-5,8,10,12-14,18H,3,6-7,9,11,15-17,25H2,1H3. The molecule has 1 fully saturated rings. The summed E-state index contributed by atoms with van der Waals surface area (Å²) in [6.45, 7) is 5.37. The second kappa shape index (κ2) is 8.89. The van der Waals surface area contributed by atoms with Crippen LogP contribution < -0.4 is 11.3 Å². The number of rotatable bonds is 6. The molecule has 1 aliphatic rings. The van der Waals surface area contributed by atoms with Gasteiger partial charge < -0.3 is 10.6 Å². The molecule has 1 unspecified atom stereocenters. The van der Waals surface area contributed by atoms with Crippen LogP contribution in [0.5, 0.6) is 0 Å². The van der Waals surface area contributed by atoms with Crippen LogP contribution >= 0.6 is 0 Å². The highest BCUT2D eigenvalue weighted by molar-refractivity contribution is 5.81. The van der Waals surface area contributed by atoms with Gasteiger partial charge in [-0.2, -0.15) is 0 Å². The molecule has 0 spiro atoms. The Morgan fingerprint density at radius 1 is 1.03 bits per heavy atom. The molecular formula is C24H30N4O. The number of piperidine rings is 1. The van der Waals surface area contributed by atoms with Crippen LogP contribution in [0.1, 0.15) is 50.0 Å². The minimum atomic E-state index is -0.338. The summed E-state index contributed by atoms with van der Waals surface area (Å²) in [7, 11) is 0. The Labute approximate surface area is 172 Å². The van der Waals surface area contributed by atoms with Gasteiger partial charge >= 0.3 is 0 Å². The van der Waals surface area contributed by atoms with E-state index in [-0.39, 0.29) is 11.6 Å². The predicted molar refractivity (Wildman–Crippen MR) is 119 cm³/mol. The van der Waals surface area contributed by atoms with E-state index in [0.29, 0.717) is 5.82 Å². The average molecular weight is 391 g/mol. The van der Waals surface area contributed by atoms with Gasteiger partial charge in [-0.3, -0.25) is 9.36 Å². The van der Waals surface area contributed by atoms with Gasteiger partial charge in [0, 0.05) is 0 Å². The second-order valence-electron chi connectivity index (χ2n) is 8.05. The molecule has 29 heavy (non-hydrogen) atoms. The Morgan fingerprint density at radius 2 is 1.79 bits per heavy atom. The molecule has 0 amide bonds. The van der Waals surface area contributed by atoms with E-state index in [1.807, 2.05) is 49.4 Å². The van der Waals surface area contributed by atoms with E-state index in [9.17, 15) is 4.79 Å². The minimum Gasteiger partial charge on any atom is -0.322 e. The summed E-state index contributed by atoms with van der Waals surface area (Å²) in [6, 6.07) is 15.3. The molecule has 2 aromatic carbocycles. The molecule has 0 radical (unpaired) electrons. The Kier molecular flexibility index (Phi) is 6.07. The topological polar surface area (TPSA) is 64.2 Å². The average Bonchev–Trinajstić information content (AvgIpc) is 2.75. The molecule has 5 nitrogen and oxygen atoms in total. The van der Waals surface area contributed by atoms with Crippen molar-refractivity contribution in [1.29, 1.82) is 0 Å². The van der Waals surface area contributed by atoms with Crippen molar-refractivity contribution in [2.75, 3.05) is 19.6 Å². The molecule has 2 N–H and O–H groups in total. The summed E-state index contributed by atoms with van der Waals surface area (Å²) in [5.41, 5.74) is 8.79. The molecule has 4 rings (SSSR count). The third-order valence-electron chi connectivity index (χ3n) is 5.80. The first-order chi connectivity index (χ1) is 14.1. The van der Waals surface area contributed by atoms with E-state index in [2.05, 4.69) is 11.0 Å². The summed E-state index contributed by atoms with van der Waals surface area (Å²) in [6.07, 6.45) is 5.91. The molecule has 2 heterocycles. The smallest absolute Gasteiger partial charge is 0.266 e. The van der Waals surface area contributed by atoms with Crippen LogP contribution in [0.2, 0.25) is 0 Å². The van der Waals surface area contributed by atoms with Crippen LogP contribution in [0.15, 0.2) is 53.3 Å². The van der Waals surface area contributed by atoms with Crippen molar-refractivity contribution in [3.8, 4) is 5.69 Å². The van der Waals surface area contributed by atoms with Gasteiger partial charge in [-0.05, 0) is 76.0 Å². The first-order valence-corrected chi connectivity index (χ1v) is 10.7. The van der Waals surface area contributed by atoms with Gasteiger partial charge in [0.1, 0.15) is 5.82 Å². The Morgan fingerprint density at radius 3 is 2.52 bits per heavy atom. The number of hydrogen-bond donors (Lipinski definition) is 1. The fourth-order valence-corrected chi connectivity index (χ4v) is 4.33. The van der Waals surface area contributed by atoms with Crippen LogP contribution in [-0.2, 0) is 6.42 Å². The molecule has 5 heteroatoms. The normalized spacial score (nSPS) is 16.2. The van der Waals surface area contributed by atoms with Crippen molar-refractivity contribution in [3.05, 3.63) is 70.3 Å². The SMILES string of the molecule is CC(N)c1nc2cccc(CCCN3CCCCC3)c2c(=O)n1-c1ccccc1. The number of likely N-dealkylation sites (tertiary alicyclic amines) is 1. The maximum atomic E-state index is 13.6. The summed E-state index contributed by atoms with van der Waals surface area (Å²) >= 11 is 0. The van der Waals surface area contributed by atoms with Crippen LogP contribution in [0.3, 0.4) is 0 Å². The van der Waals surface area contributed by atoms with Crippen LogP contribution in [-0.4, -0.2) is 34.1 Å². The third kappa shape index (κ3) is 4.26. The monoisotopic (exact) mass is 390 g/mol. The van der Waals surface area contributed by atoms with Gasteiger partial charge in [0.05, 0.1) is 22.6 Å². The first-order valence-electron chi connectivity index (χ1n) is 10.7. The van der Waals surface area contributed by atoms with Crippen molar-refractivity contribution in [2.24, 2.45) is 5.73 Å². The maximum absolute atomic E-state index is 13.6. The van der Waals surface area contributed by atoms with Gasteiger partial charge in [-0.25, -0.2) is 4.98 Å². The number of para-hydroxylation sites is 1. The summed E-state index contributed by atoms with van der Waals surface area (Å²) < 4.78 is 1.68. The van der Waals surface area contributed by atoms with E-state index in [4.69, 9.17) is 10.7 Å². The number of aromatic nitrogens is 2. The highest BCUT2D eigenvalue weighted by Crippen LogP contribution is 2.20. The largest absolute Gasteiger partial charge is 0.322 e. The fourth-order valence-electron chi connectivity index (χ4n) is 4.33. The summed E-state index contributed by atoms with van der Waals surface area (Å²) in [4.78, 5) is 20.9. The second-order valence-corrected chi connectivity index (χ2v) is 8.05. The molecule has 1 aromatic heterocycles. The molecule has 1 atom stereocenters. The highest BCUT2D eigenvalue weighted by Gasteiger charge is 2.18. The Bertz CT molecular complexity index is 1020. The highest BCUT2D eigenvalue weighted by atomic mass is 16.1. The molecule has 0 aliphatic carbocycles. The van der Waals surface area contributed by atoms with E-state index in [1.165, 1.54) is 32.4 Å². The van der Waals surface area contributed by atoms with E-state index < -0.39 is 0 Å². The van der Waals surface area contributed by atoms with Gasteiger partial charge in [-0.15, -0.1) is 0 Å². The van der Waals surface area contributed by atoms with Crippen LogP contribution in [0.25, 0.3) is 16.6 Å². The van der Waals surface area contributed by atoms with Gasteiger partial charge in [0.2, 0.25) is 0 Å². The molecule has 0 saturated carbocycles. The van der Waals surface area contributed by atoms with E-state index >= 15 is 0 Å². The van der Waals surface area contributed by atoms with Crippen molar-refractivity contribution >= 4 is 10.9 Å². The minimum absolute atomic E-state index is 0.0259. The maximum Gasteiger partial charge on any atom is 0.266 e. The van der Waals surface area contributed by atoms with E-state index in [1.54, 1.807) is 4.57 Å². The number of fused-ring (bicyclic) bond motifs is 1. The molecule has 0 bridgehead atoms. The fraction of sp³-hybridized carbons (Fsp3) is 0.417. The molecule has 3 aromatic rings. The van der Waals surface area contributed by atoms with Crippen molar-refractivity contribution in [3.63, 3.8) is 0 Å². The van der Waals surface area contributed by atoms with Gasteiger partial charge in [-0.1, -0.05) is 36.8 Å². The predicted octanol–water partition coefficient (Wildman–Crippen LogP) is 3.82. The lowest BCUT2D eigenvalue weighted by atomic mass is 10.0. The van der Waals surface area contributed by atoms with E-state index in [0.717, 1.165) is 41.5 Å². The Hall–Kier alpha value is -2.50. The summed E-state index contributed by atoms with van der Waals surface area (Å²) in [5, 5.41) is 0.722. The molecule has 152 valence electrons. The van der Waals surface area contributed by atoms with Crippen molar-refractivity contribution in [1.82, 2.24) is 14.5 Å². The molecule has 1 saturated heterocycles. The number of aryl methyl sites for hydroxylation is 1. The van der Waals surface area contributed by atoms with Crippen molar-refractivity contribution in [2.45, 2.75) is 45.1 Å². The molecular weight excluding hydrogens is 360 g/mol. The quantitative estimate of drug-likeness (QED) is 0.695. The zero-order valence-corrected chi connectivity index (χ0v) is 17.2. The van der Waals surface area contributed by atoms with Crippen molar-refractivity contribution < 1.29 is 0 Å². The lowest BCUT2D eigenvalue weighted by Gasteiger charge is -2.26. The number of benzene rings is 2. The number of nitrogens with zero attached hydrogens (tertiary/aromatic N) is 3. The zero-order chi connectivity index (χ0) is 20.2. The number of hydrogen-bond acceptors (Lipinski definition) is 4. The first kappa shape index (κ1) is 19.8. The lowest BCUT2D eigenvalue weighted by Crippen LogP contribution is -2.31. The van der Waals surface area contributed by atoms with Gasteiger partial charge in [0.25, 0.3) is 5.56 Å². The molecule has 1 aliphatic heterocycles. The lowest BCUT2D eigenvalue weighted by molar-refractivity contribution is 0.226. The van der Waals surface area contributed by atoms with Crippen LogP contribution in [0.4, 0.5) is 0 Å². The van der Waals surface area contributed by atoms with Gasteiger partial charge in [0.15, 0.2) is 0 Å². The third-order valence-corrected chi connectivity index (χ3v) is 5.80. The Balaban J connectivity index is 1.72.